The summed E-state index contributed by atoms with van der Waals surface area (Å²) in [6.45, 7) is 7.44. The van der Waals surface area contributed by atoms with Crippen molar-refractivity contribution in [1.29, 1.82) is 0 Å². The first kappa shape index (κ1) is 21.2. The highest BCUT2D eigenvalue weighted by Gasteiger charge is 2.36. The van der Waals surface area contributed by atoms with E-state index in [1.54, 1.807) is 25.1 Å². The average molecular weight is 417 g/mol. The Bertz CT molecular complexity index is 1020. The number of anilines is 1. The third-order valence-electron chi connectivity index (χ3n) is 5.04. The van der Waals surface area contributed by atoms with E-state index in [-0.39, 0.29) is 11.9 Å². The normalized spacial score (nSPS) is 18.9. The van der Waals surface area contributed by atoms with Crippen molar-refractivity contribution < 1.29 is 17.9 Å². The molecule has 1 amide bonds. The van der Waals surface area contributed by atoms with Crippen molar-refractivity contribution in [2.24, 2.45) is 0 Å². The molecule has 2 aromatic rings. The van der Waals surface area contributed by atoms with Crippen LogP contribution in [0.2, 0.25) is 0 Å². The predicted molar refractivity (Wildman–Crippen MR) is 115 cm³/mol. The molecule has 0 spiro atoms. The van der Waals surface area contributed by atoms with Crippen LogP contribution in [0.1, 0.15) is 44.4 Å². The number of hydrogen-bond donors (Lipinski definition) is 1. The van der Waals surface area contributed by atoms with Crippen molar-refractivity contribution in [1.82, 2.24) is 5.32 Å². The second-order valence-corrected chi connectivity index (χ2v) is 10.1. The predicted octanol–water partition coefficient (Wildman–Crippen LogP) is 3.57. The SMILES string of the molecule is Cc1cccc(N(C(C)C(=O)NC2CC(C)(C)Oc3ccccc32)S(C)(=O)=O)c1. The molecule has 1 N–H and O–H groups in total. The highest BCUT2D eigenvalue weighted by Crippen LogP contribution is 2.39. The smallest absolute Gasteiger partial charge is 0.244 e. The van der Waals surface area contributed by atoms with E-state index in [0.29, 0.717) is 12.1 Å². The second-order valence-electron chi connectivity index (χ2n) is 8.24. The van der Waals surface area contributed by atoms with Crippen LogP contribution in [-0.2, 0) is 14.8 Å². The van der Waals surface area contributed by atoms with E-state index in [1.165, 1.54) is 4.31 Å². The second kappa shape index (κ2) is 7.71. The highest BCUT2D eigenvalue weighted by molar-refractivity contribution is 7.92. The fourth-order valence-corrected chi connectivity index (χ4v) is 4.96. The summed E-state index contributed by atoms with van der Waals surface area (Å²) >= 11 is 0. The van der Waals surface area contributed by atoms with E-state index in [0.717, 1.165) is 23.1 Å². The summed E-state index contributed by atoms with van der Waals surface area (Å²) in [5, 5.41) is 3.04. The summed E-state index contributed by atoms with van der Waals surface area (Å²) in [5.41, 5.74) is 1.85. The summed E-state index contributed by atoms with van der Waals surface area (Å²) in [6, 6.07) is 13.6. The van der Waals surface area contributed by atoms with Crippen LogP contribution in [0.5, 0.6) is 5.75 Å². The number of para-hydroxylation sites is 1. The first-order valence-electron chi connectivity index (χ1n) is 9.62. The van der Waals surface area contributed by atoms with Crippen molar-refractivity contribution in [2.75, 3.05) is 10.6 Å². The van der Waals surface area contributed by atoms with Crippen LogP contribution in [-0.4, -0.2) is 32.2 Å². The summed E-state index contributed by atoms with van der Waals surface area (Å²) in [7, 11) is -3.66. The van der Waals surface area contributed by atoms with Gasteiger partial charge in [0.05, 0.1) is 18.0 Å². The third-order valence-corrected chi connectivity index (χ3v) is 6.28. The number of ether oxygens (including phenoxy) is 1. The summed E-state index contributed by atoms with van der Waals surface area (Å²) in [6.07, 6.45) is 1.71. The number of fused-ring (bicyclic) bond motifs is 1. The van der Waals surface area contributed by atoms with Gasteiger partial charge >= 0.3 is 0 Å². The van der Waals surface area contributed by atoms with E-state index in [9.17, 15) is 13.2 Å². The van der Waals surface area contributed by atoms with Crippen LogP contribution in [0.15, 0.2) is 48.5 Å². The van der Waals surface area contributed by atoms with Gasteiger partial charge in [-0.25, -0.2) is 8.42 Å². The Balaban J connectivity index is 1.89. The topological polar surface area (TPSA) is 75.7 Å². The van der Waals surface area contributed by atoms with Crippen molar-refractivity contribution in [3.63, 3.8) is 0 Å². The van der Waals surface area contributed by atoms with Gasteiger partial charge in [-0.1, -0.05) is 30.3 Å². The maximum absolute atomic E-state index is 13.1. The van der Waals surface area contributed by atoms with Gasteiger partial charge in [0.25, 0.3) is 0 Å². The summed E-state index contributed by atoms with van der Waals surface area (Å²) < 4.78 is 32.2. The minimum atomic E-state index is -3.66. The standard InChI is InChI=1S/C22H28N2O4S/c1-15-9-8-10-17(13-15)24(29(5,26)27)16(2)21(25)23-19-14-22(3,4)28-20-12-7-6-11-18(19)20/h6-13,16,19H,14H2,1-5H3,(H,23,25). The van der Waals surface area contributed by atoms with Crippen molar-refractivity contribution >= 4 is 21.6 Å². The number of nitrogens with zero attached hydrogens (tertiary/aromatic N) is 1. The quantitative estimate of drug-likeness (QED) is 0.809. The van der Waals surface area contributed by atoms with Gasteiger partial charge in [0.2, 0.25) is 15.9 Å². The molecular weight excluding hydrogens is 388 g/mol. The minimum absolute atomic E-state index is 0.260. The molecule has 1 aliphatic heterocycles. The lowest BCUT2D eigenvalue weighted by molar-refractivity contribution is -0.123. The Kier molecular flexibility index (Phi) is 5.63. The van der Waals surface area contributed by atoms with E-state index in [2.05, 4.69) is 5.32 Å². The largest absolute Gasteiger partial charge is 0.487 e. The zero-order valence-electron chi connectivity index (χ0n) is 17.5. The van der Waals surface area contributed by atoms with Crippen molar-refractivity contribution in [3.8, 4) is 5.75 Å². The molecule has 2 aromatic carbocycles. The molecule has 6 nitrogen and oxygen atoms in total. The summed E-state index contributed by atoms with van der Waals surface area (Å²) in [5.74, 6) is 0.384. The Morgan fingerprint density at radius 1 is 1.21 bits per heavy atom. The van der Waals surface area contributed by atoms with Crippen LogP contribution in [0.4, 0.5) is 5.69 Å². The molecule has 1 aliphatic rings. The first-order valence-corrected chi connectivity index (χ1v) is 11.5. The van der Waals surface area contributed by atoms with Crippen LogP contribution >= 0.6 is 0 Å². The molecule has 0 saturated carbocycles. The monoisotopic (exact) mass is 416 g/mol. The van der Waals surface area contributed by atoms with Crippen LogP contribution < -0.4 is 14.4 Å². The fraction of sp³-hybridized carbons (Fsp3) is 0.409. The van der Waals surface area contributed by atoms with E-state index >= 15 is 0 Å². The van der Waals surface area contributed by atoms with Crippen LogP contribution in [0.25, 0.3) is 0 Å². The Morgan fingerprint density at radius 3 is 2.55 bits per heavy atom. The van der Waals surface area contributed by atoms with Gasteiger partial charge in [-0.3, -0.25) is 9.10 Å². The zero-order chi connectivity index (χ0) is 21.4. The third kappa shape index (κ3) is 4.72. The minimum Gasteiger partial charge on any atom is -0.487 e. The Labute approximate surface area is 172 Å². The van der Waals surface area contributed by atoms with Crippen molar-refractivity contribution in [3.05, 3.63) is 59.7 Å². The lowest BCUT2D eigenvalue weighted by atomic mass is 9.89. The van der Waals surface area contributed by atoms with Gasteiger partial charge < -0.3 is 10.1 Å². The van der Waals surface area contributed by atoms with Gasteiger partial charge in [0, 0.05) is 12.0 Å². The molecule has 0 saturated heterocycles. The maximum Gasteiger partial charge on any atom is 0.244 e. The number of rotatable bonds is 5. The molecule has 1 heterocycles. The molecule has 0 radical (unpaired) electrons. The van der Waals surface area contributed by atoms with Gasteiger partial charge in [-0.2, -0.15) is 0 Å². The molecular formula is C22H28N2O4S. The van der Waals surface area contributed by atoms with Crippen LogP contribution in [0, 0.1) is 6.92 Å². The summed E-state index contributed by atoms with van der Waals surface area (Å²) in [4.78, 5) is 13.1. The number of nitrogens with one attached hydrogen (secondary N) is 1. The Hall–Kier alpha value is -2.54. The Morgan fingerprint density at radius 2 is 1.90 bits per heavy atom. The number of amides is 1. The molecule has 2 atom stereocenters. The van der Waals surface area contributed by atoms with E-state index in [4.69, 9.17) is 4.74 Å². The zero-order valence-corrected chi connectivity index (χ0v) is 18.3. The van der Waals surface area contributed by atoms with Gasteiger partial charge in [-0.05, 0) is 51.5 Å². The van der Waals surface area contributed by atoms with Gasteiger partial charge in [0.1, 0.15) is 17.4 Å². The number of benzene rings is 2. The fourth-order valence-electron chi connectivity index (χ4n) is 3.80. The lowest BCUT2D eigenvalue weighted by Gasteiger charge is -2.38. The molecule has 0 bridgehead atoms. The molecule has 2 unspecified atom stereocenters. The number of sulfonamides is 1. The number of carbonyl (C=O) groups is 1. The molecule has 29 heavy (non-hydrogen) atoms. The van der Waals surface area contributed by atoms with Gasteiger partial charge in [0.15, 0.2) is 0 Å². The molecule has 0 aromatic heterocycles. The number of aryl methyl sites for hydroxylation is 1. The number of carbonyl (C=O) groups excluding carboxylic acids is 1. The molecule has 156 valence electrons. The number of hydrogen-bond acceptors (Lipinski definition) is 4. The molecule has 7 heteroatoms. The molecule has 3 rings (SSSR count). The highest BCUT2D eigenvalue weighted by atomic mass is 32.2. The van der Waals surface area contributed by atoms with Crippen molar-refractivity contribution in [2.45, 2.75) is 51.8 Å². The first-order chi connectivity index (χ1) is 13.5. The van der Waals surface area contributed by atoms with E-state index < -0.39 is 21.7 Å². The molecule has 0 aliphatic carbocycles. The van der Waals surface area contributed by atoms with E-state index in [1.807, 2.05) is 51.1 Å². The molecule has 0 fully saturated rings. The lowest BCUT2D eigenvalue weighted by Crippen LogP contribution is -2.50. The average Bonchev–Trinajstić information content (AvgIpc) is 2.59. The van der Waals surface area contributed by atoms with Crippen LogP contribution in [0.3, 0.4) is 0 Å². The maximum atomic E-state index is 13.1. The van der Waals surface area contributed by atoms with Gasteiger partial charge in [-0.15, -0.1) is 0 Å².